The van der Waals surface area contributed by atoms with Crippen molar-refractivity contribution < 1.29 is 9.47 Å². The maximum Gasteiger partial charge on any atom is 0.213 e. The summed E-state index contributed by atoms with van der Waals surface area (Å²) < 4.78 is 10.5. The summed E-state index contributed by atoms with van der Waals surface area (Å²) in [7, 11) is 1.69. The molecule has 0 aliphatic rings. The first-order chi connectivity index (χ1) is 8.51. The van der Waals surface area contributed by atoms with Crippen molar-refractivity contribution in [2.24, 2.45) is 0 Å². The van der Waals surface area contributed by atoms with Gasteiger partial charge < -0.3 is 14.8 Å². The van der Waals surface area contributed by atoms with Gasteiger partial charge in [-0.25, -0.2) is 4.98 Å². The Kier molecular flexibility index (Phi) is 6.09. The van der Waals surface area contributed by atoms with Crippen LogP contribution in [0, 0.1) is 0 Å². The molecule has 0 radical (unpaired) electrons. The van der Waals surface area contributed by atoms with Crippen LogP contribution in [-0.4, -0.2) is 30.8 Å². The first kappa shape index (κ1) is 14.9. The van der Waals surface area contributed by atoms with Gasteiger partial charge in [-0.2, -0.15) is 0 Å². The van der Waals surface area contributed by atoms with Crippen molar-refractivity contribution in [3.8, 4) is 5.88 Å². The molecule has 1 aromatic heterocycles. The number of pyridine rings is 1. The highest BCUT2D eigenvalue weighted by Gasteiger charge is 2.08. The summed E-state index contributed by atoms with van der Waals surface area (Å²) >= 11 is 0. The molecule has 1 heterocycles. The van der Waals surface area contributed by atoms with Crippen molar-refractivity contribution in [1.29, 1.82) is 0 Å². The first-order valence-corrected chi connectivity index (χ1v) is 6.33. The Morgan fingerprint density at radius 1 is 1.28 bits per heavy atom. The summed E-state index contributed by atoms with van der Waals surface area (Å²) in [4.78, 5) is 4.19. The first-order valence-electron chi connectivity index (χ1n) is 6.33. The lowest BCUT2D eigenvalue weighted by molar-refractivity contribution is 0.170. The van der Waals surface area contributed by atoms with E-state index in [-0.39, 0.29) is 5.54 Å². The van der Waals surface area contributed by atoms with Crippen molar-refractivity contribution in [3.05, 3.63) is 23.9 Å². The Hall–Kier alpha value is -1.13. The molecule has 102 valence electrons. The molecule has 0 atom stereocenters. The largest absolute Gasteiger partial charge is 0.478 e. The molecule has 0 amide bonds. The molecular formula is C14H24N2O2. The minimum atomic E-state index is 0.114. The predicted molar refractivity (Wildman–Crippen MR) is 72.8 cm³/mol. The van der Waals surface area contributed by atoms with E-state index in [0.717, 1.165) is 13.0 Å². The standard InChI is InChI=1S/C14H24N2O2/c1-14(2,3)16-11-12-6-7-15-13(10-12)18-9-5-8-17-4/h6-7,10,16H,5,8-9,11H2,1-4H3. The van der Waals surface area contributed by atoms with E-state index < -0.39 is 0 Å². The van der Waals surface area contributed by atoms with E-state index in [0.29, 0.717) is 19.1 Å². The number of methoxy groups -OCH3 is 1. The number of hydrogen-bond donors (Lipinski definition) is 1. The molecule has 0 aliphatic carbocycles. The number of nitrogens with one attached hydrogen (secondary N) is 1. The van der Waals surface area contributed by atoms with Gasteiger partial charge in [-0.05, 0) is 32.4 Å². The number of rotatable bonds is 7. The zero-order chi connectivity index (χ0) is 13.4. The monoisotopic (exact) mass is 252 g/mol. The fourth-order valence-corrected chi connectivity index (χ4v) is 1.39. The van der Waals surface area contributed by atoms with Gasteiger partial charge in [0.15, 0.2) is 0 Å². The molecule has 0 aromatic carbocycles. The highest BCUT2D eigenvalue weighted by molar-refractivity contribution is 5.20. The molecule has 0 spiro atoms. The Morgan fingerprint density at radius 2 is 2.06 bits per heavy atom. The fraction of sp³-hybridized carbons (Fsp3) is 0.643. The van der Waals surface area contributed by atoms with E-state index in [4.69, 9.17) is 9.47 Å². The number of ether oxygens (including phenoxy) is 2. The third kappa shape index (κ3) is 6.57. The van der Waals surface area contributed by atoms with Crippen LogP contribution < -0.4 is 10.1 Å². The summed E-state index contributed by atoms with van der Waals surface area (Å²) in [6.07, 6.45) is 2.66. The Labute approximate surface area is 110 Å². The lowest BCUT2D eigenvalue weighted by Gasteiger charge is -2.20. The summed E-state index contributed by atoms with van der Waals surface area (Å²) in [5.74, 6) is 0.680. The molecule has 1 N–H and O–H groups in total. The minimum absolute atomic E-state index is 0.114. The van der Waals surface area contributed by atoms with Crippen molar-refractivity contribution in [1.82, 2.24) is 10.3 Å². The molecule has 0 saturated carbocycles. The average Bonchev–Trinajstić information content (AvgIpc) is 2.32. The highest BCUT2D eigenvalue weighted by atomic mass is 16.5. The molecule has 0 saturated heterocycles. The van der Waals surface area contributed by atoms with Gasteiger partial charge in [-0.1, -0.05) is 0 Å². The van der Waals surface area contributed by atoms with Crippen LogP contribution in [0.1, 0.15) is 32.8 Å². The second-order valence-corrected chi connectivity index (χ2v) is 5.30. The smallest absolute Gasteiger partial charge is 0.213 e. The van der Waals surface area contributed by atoms with Gasteiger partial charge in [0.2, 0.25) is 5.88 Å². The van der Waals surface area contributed by atoms with Crippen LogP contribution in [0.2, 0.25) is 0 Å². The van der Waals surface area contributed by atoms with Gasteiger partial charge in [0.25, 0.3) is 0 Å². The quantitative estimate of drug-likeness (QED) is 0.757. The molecule has 18 heavy (non-hydrogen) atoms. The molecule has 4 heteroatoms. The zero-order valence-corrected chi connectivity index (χ0v) is 11.8. The van der Waals surface area contributed by atoms with Gasteiger partial charge >= 0.3 is 0 Å². The van der Waals surface area contributed by atoms with E-state index in [2.05, 4.69) is 31.1 Å². The van der Waals surface area contributed by atoms with Crippen molar-refractivity contribution in [2.45, 2.75) is 39.3 Å². The lowest BCUT2D eigenvalue weighted by atomic mass is 10.1. The second kappa shape index (κ2) is 7.34. The van der Waals surface area contributed by atoms with Crippen LogP contribution in [-0.2, 0) is 11.3 Å². The van der Waals surface area contributed by atoms with Crippen molar-refractivity contribution in [3.63, 3.8) is 0 Å². The van der Waals surface area contributed by atoms with Gasteiger partial charge in [0, 0.05) is 44.5 Å². The predicted octanol–water partition coefficient (Wildman–Crippen LogP) is 2.39. The minimum Gasteiger partial charge on any atom is -0.478 e. The summed E-state index contributed by atoms with van der Waals surface area (Å²) in [5, 5.41) is 3.44. The van der Waals surface area contributed by atoms with E-state index in [1.807, 2.05) is 12.1 Å². The molecule has 1 aromatic rings. The third-order valence-electron chi connectivity index (χ3n) is 2.36. The Bertz CT molecular complexity index is 348. The number of hydrogen-bond acceptors (Lipinski definition) is 4. The third-order valence-corrected chi connectivity index (χ3v) is 2.36. The summed E-state index contributed by atoms with van der Waals surface area (Å²) in [6.45, 7) is 8.62. The van der Waals surface area contributed by atoms with Gasteiger partial charge in [-0.3, -0.25) is 0 Å². The van der Waals surface area contributed by atoms with Crippen LogP contribution in [0.4, 0.5) is 0 Å². The summed E-state index contributed by atoms with van der Waals surface area (Å²) in [5.41, 5.74) is 1.30. The Balaban J connectivity index is 2.41. The van der Waals surface area contributed by atoms with Crippen LogP contribution >= 0.6 is 0 Å². The topological polar surface area (TPSA) is 43.4 Å². The normalized spacial score (nSPS) is 11.6. The summed E-state index contributed by atoms with van der Waals surface area (Å²) in [6, 6.07) is 3.98. The van der Waals surface area contributed by atoms with E-state index in [1.54, 1.807) is 13.3 Å². The molecule has 0 aliphatic heterocycles. The fourth-order valence-electron chi connectivity index (χ4n) is 1.39. The van der Waals surface area contributed by atoms with Gasteiger partial charge in [0.1, 0.15) is 0 Å². The second-order valence-electron chi connectivity index (χ2n) is 5.30. The molecule has 0 fully saturated rings. The molecule has 0 bridgehead atoms. The van der Waals surface area contributed by atoms with E-state index in [9.17, 15) is 0 Å². The molecule has 0 unspecified atom stereocenters. The van der Waals surface area contributed by atoms with Crippen LogP contribution in [0.5, 0.6) is 5.88 Å². The SMILES string of the molecule is COCCCOc1cc(CNC(C)(C)C)ccn1. The maximum absolute atomic E-state index is 5.56. The van der Waals surface area contributed by atoms with Gasteiger partial charge in [-0.15, -0.1) is 0 Å². The van der Waals surface area contributed by atoms with Crippen LogP contribution in [0.15, 0.2) is 18.3 Å². The molecular weight excluding hydrogens is 228 g/mol. The van der Waals surface area contributed by atoms with E-state index >= 15 is 0 Å². The number of nitrogens with zero attached hydrogens (tertiary/aromatic N) is 1. The van der Waals surface area contributed by atoms with Crippen molar-refractivity contribution >= 4 is 0 Å². The number of aromatic nitrogens is 1. The van der Waals surface area contributed by atoms with Crippen LogP contribution in [0.25, 0.3) is 0 Å². The van der Waals surface area contributed by atoms with Crippen LogP contribution in [0.3, 0.4) is 0 Å². The van der Waals surface area contributed by atoms with Crippen molar-refractivity contribution in [2.75, 3.05) is 20.3 Å². The average molecular weight is 252 g/mol. The zero-order valence-electron chi connectivity index (χ0n) is 11.8. The highest BCUT2D eigenvalue weighted by Crippen LogP contribution is 2.11. The van der Waals surface area contributed by atoms with Gasteiger partial charge in [0.05, 0.1) is 6.61 Å². The molecule has 4 nitrogen and oxygen atoms in total. The molecule has 1 rings (SSSR count). The Morgan fingerprint density at radius 3 is 2.72 bits per heavy atom. The maximum atomic E-state index is 5.56. The lowest BCUT2D eigenvalue weighted by Crippen LogP contribution is -2.35. The van der Waals surface area contributed by atoms with E-state index in [1.165, 1.54) is 5.56 Å².